The number of halogens is 7. The molecule has 0 saturated carbocycles. The van der Waals surface area contributed by atoms with E-state index in [2.05, 4.69) is 10.1 Å². The number of alkyl halides is 7. The highest BCUT2D eigenvalue weighted by Crippen LogP contribution is 2.53. The lowest BCUT2D eigenvalue weighted by Gasteiger charge is -2.30. The first-order valence-electron chi connectivity index (χ1n) is 7.13. The Balaban J connectivity index is 3.13. The summed E-state index contributed by atoms with van der Waals surface area (Å²) in [6.45, 7) is 2.60. The number of hydrogen-bond acceptors (Lipinski definition) is 3. The molecule has 0 unspecified atom stereocenters. The fourth-order valence-corrected chi connectivity index (χ4v) is 2.04. The van der Waals surface area contributed by atoms with Crippen LogP contribution < -0.4 is 5.32 Å². The molecule has 4 nitrogen and oxygen atoms in total. The summed E-state index contributed by atoms with van der Waals surface area (Å²) in [7, 11) is 0. The van der Waals surface area contributed by atoms with Crippen LogP contribution in [0.5, 0.6) is 0 Å². The van der Waals surface area contributed by atoms with E-state index in [4.69, 9.17) is 0 Å². The molecule has 1 rings (SSSR count). The molecule has 26 heavy (non-hydrogen) atoms. The van der Waals surface area contributed by atoms with Crippen LogP contribution in [0.2, 0.25) is 0 Å². The molecule has 1 aromatic carbocycles. The number of ether oxygens (including phenoxy) is 1. The van der Waals surface area contributed by atoms with Gasteiger partial charge in [0.2, 0.25) is 5.91 Å². The minimum absolute atomic E-state index is 0.0211. The second-order valence-corrected chi connectivity index (χ2v) is 5.21. The van der Waals surface area contributed by atoms with Gasteiger partial charge >= 0.3 is 24.0 Å². The summed E-state index contributed by atoms with van der Waals surface area (Å²) in [5.74, 6) is -1.76. The van der Waals surface area contributed by atoms with Gasteiger partial charge in [-0.1, -0.05) is 12.1 Å². The molecule has 11 heteroatoms. The SMILES string of the molecule is CCOC(=O)CC(=O)Nc1ccc(C(F)(C(F)(F)F)C(F)(F)F)cc1C. The second kappa shape index (κ2) is 7.50. The molecule has 0 radical (unpaired) electrons. The number of hydrogen-bond donors (Lipinski definition) is 1. The number of rotatable bonds is 5. The molecule has 0 spiro atoms. The molecule has 146 valence electrons. The van der Waals surface area contributed by atoms with Crippen LogP contribution in [-0.4, -0.2) is 30.8 Å². The van der Waals surface area contributed by atoms with Crippen molar-refractivity contribution in [2.24, 2.45) is 0 Å². The zero-order valence-corrected chi connectivity index (χ0v) is 13.5. The molecule has 1 amide bonds. The zero-order chi connectivity index (χ0) is 20.3. The van der Waals surface area contributed by atoms with Gasteiger partial charge in [0.1, 0.15) is 6.42 Å². The predicted octanol–water partition coefficient (Wildman–Crippen LogP) is 4.18. The van der Waals surface area contributed by atoms with Crippen LogP contribution in [0.3, 0.4) is 0 Å². The maximum atomic E-state index is 14.0. The summed E-state index contributed by atoms with van der Waals surface area (Å²) in [6.07, 6.45) is -13.2. The molecule has 0 aliphatic carbocycles. The first-order chi connectivity index (χ1) is 11.7. The van der Waals surface area contributed by atoms with Crippen LogP contribution in [-0.2, 0) is 20.0 Å². The number of nitrogens with one attached hydrogen (secondary N) is 1. The van der Waals surface area contributed by atoms with Crippen LogP contribution in [0, 0.1) is 6.92 Å². The average Bonchev–Trinajstić information content (AvgIpc) is 2.46. The monoisotopic (exact) mass is 389 g/mol. The van der Waals surface area contributed by atoms with Gasteiger partial charge in [0.25, 0.3) is 0 Å². The number of esters is 1. The summed E-state index contributed by atoms with van der Waals surface area (Å²) in [5.41, 5.74) is -7.65. The van der Waals surface area contributed by atoms with E-state index in [0.717, 1.165) is 6.92 Å². The first-order valence-corrected chi connectivity index (χ1v) is 7.13. The average molecular weight is 389 g/mol. The molecular weight excluding hydrogens is 375 g/mol. The van der Waals surface area contributed by atoms with E-state index in [9.17, 15) is 40.3 Å². The Morgan fingerprint density at radius 3 is 2.00 bits per heavy atom. The van der Waals surface area contributed by atoms with Crippen molar-refractivity contribution in [1.29, 1.82) is 0 Å². The van der Waals surface area contributed by atoms with Gasteiger partial charge in [0, 0.05) is 11.3 Å². The number of carbonyl (C=O) groups excluding carboxylic acids is 2. The summed E-state index contributed by atoms with van der Waals surface area (Å²) >= 11 is 0. The van der Waals surface area contributed by atoms with E-state index in [1.54, 1.807) is 0 Å². The quantitative estimate of drug-likeness (QED) is 0.467. The van der Waals surface area contributed by atoms with Gasteiger partial charge in [-0.25, -0.2) is 4.39 Å². The van der Waals surface area contributed by atoms with Crippen molar-refractivity contribution >= 4 is 17.6 Å². The Morgan fingerprint density at radius 1 is 1.04 bits per heavy atom. The van der Waals surface area contributed by atoms with Crippen molar-refractivity contribution in [3.63, 3.8) is 0 Å². The fourth-order valence-electron chi connectivity index (χ4n) is 2.04. The van der Waals surface area contributed by atoms with E-state index in [-0.39, 0.29) is 23.9 Å². The first kappa shape index (κ1) is 21.7. The molecule has 0 aliphatic heterocycles. The third-order valence-electron chi connectivity index (χ3n) is 3.29. The maximum absolute atomic E-state index is 14.0. The van der Waals surface area contributed by atoms with E-state index in [0.29, 0.717) is 12.1 Å². The molecule has 0 aliphatic rings. The Morgan fingerprint density at radius 2 is 1.58 bits per heavy atom. The third kappa shape index (κ3) is 4.44. The summed E-state index contributed by atoms with van der Waals surface area (Å²) in [5, 5.41) is 2.13. The van der Waals surface area contributed by atoms with E-state index in [1.807, 2.05) is 0 Å². The Bertz CT molecular complexity index is 669. The lowest BCUT2D eigenvalue weighted by Crippen LogP contribution is -2.50. The maximum Gasteiger partial charge on any atom is 0.435 e. The van der Waals surface area contributed by atoms with Gasteiger partial charge in [-0.2, -0.15) is 26.3 Å². The molecule has 1 N–H and O–H groups in total. The summed E-state index contributed by atoms with van der Waals surface area (Å²) < 4.78 is 94.9. The van der Waals surface area contributed by atoms with Gasteiger partial charge in [-0.05, 0) is 25.5 Å². The van der Waals surface area contributed by atoms with Crippen LogP contribution in [0.4, 0.5) is 36.4 Å². The molecule has 0 fully saturated rings. The van der Waals surface area contributed by atoms with Gasteiger partial charge in [0.05, 0.1) is 6.61 Å². The van der Waals surface area contributed by atoms with Crippen molar-refractivity contribution in [3.05, 3.63) is 29.3 Å². The summed E-state index contributed by atoms with van der Waals surface area (Å²) in [4.78, 5) is 22.8. The highest BCUT2D eigenvalue weighted by atomic mass is 19.4. The predicted molar refractivity (Wildman–Crippen MR) is 76.0 cm³/mol. The van der Waals surface area contributed by atoms with Crippen molar-refractivity contribution in [1.82, 2.24) is 0 Å². The van der Waals surface area contributed by atoms with Crippen molar-refractivity contribution in [2.75, 3.05) is 11.9 Å². The number of anilines is 1. The van der Waals surface area contributed by atoms with Crippen molar-refractivity contribution in [2.45, 2.75) is 38.3 Å². The normalized spacial score (nSPS) is 12.7. The summed E-state index contributed by atoms with van der Waals surface area (Å²) in [6, 6.07) is 1.30. The number of benzene rings is 1. The highest BCUT2D eigenvalue weighted by Gasteiger charge is 2.73. The standard InChI is InChI=1S/C15H14F7NO3/c1-3-26-12(25)7-11(24)23-10-5-4-9(6-8(10)2)13(16,14(17,18)19)15(20,21)22/h4-6H,3,7H2,1-2H3,(H,23,24). The van der Waals surface area contributed by atoms with E-state index in [1.165, 1.54) is 6.92 Å². The third-order valence-corrected chi connectivity index (χ3v) is 3.29. The smallest absolute Gasteiger partial charge is 0.435 e. The lowest BCUT2D eigenvalue weighted by atomic mass is 9.92. The number of aryl methyl sites for hydroxylation is 1. The van der Waals surface area contributed by atoms with Gasteiger partial charge < -0.3 is 10.1 Å². The van der Waals surface area contributed by atoms with Gasteiger partial charge in [0.15, 0.2) is 0 Å². The molecule has 0 atom stereocenters. The topological polar surface area (TPSA) is 55.4 Å². The van der Waals surface area contributed by atoms with Crippen LogP contribution >= 0.6 is 0 Å². The minimum Gasteiger partial charge on any atom is -0.466 e. The van der Waals surface area contributed by atoms with Crippen molar-refractivity contribution < 1.29 is 45.1 Å². The Hall–Kier alpha value is -2.33. The Kier molecular flexibility index (Phi) is 6.26. The Labute approximate surface area is 143 Å². The lowest BCUT2D eigenvalue weighted by molar-refractivity contribution is -0.348. The number of amides is 1. The molecule has 1 aromatic rings. The minimum atomic E-state index is -6.23. The second-order valence-electron chi connectivity index (χ2n) is 5.21. The molecule has 0 saturated heterocycles. The van der Waals surface area contributed by atoms with Crippen LogP contribution in [0.15, 0.2) is 18.2 Å². The zero-order valence-electron chi connectivity index (χ0n) is 13.5. The van der Waals surface area contributed by atoms with Crippen LogP contribution in [0.1, 0.15) is 24.5 Å². The van der Waals surface area contributed by atoms with Crippen LogP contribution in [0.25, 0.3) is 0 Å². The molecule has 0 bridgehead atoms. The van der Waals surface area contributed by atoms with E-state index < -0.39 is 41.9 Å². The van der Waals surface area contributed by atoms with Gasteiger partial charge in [-0.15, -0.1) is 0 Å². The van der Waals surface area contributed by atoms with E-state index >= 15 is 0 Å². The van der Waals surface area contributed by atoms with Crippen molar-refractivity contribution in [3.8, 4) is 0 Å². The number of carbonyl (C=O) groups is 2. The fraction of sp³-hybridized carbons (Fsp3) is 0.467. The van der Waals surface area contributed by atoms with Gasteiger partial charge in [-0.3, -0.25) is 9.59 Å². The molecular formula is C15H14F7NO3. The largest absolute Gasteiger partial charge is 0.466 e. The highest BCUT2D eigenvalue weighted by molar-refractivity contribution is 6.02. The molecule has 0 heterocycles. The molecule has 0 aromatic heterocycles.